The molecule has 3 atom stereocenters. The molecule has 1 saturated carbocycles. The van der Waals surface area contributed by atoms with Crippen LogP contribution in [-0.2, 0) is 0 Å². The van der Waals surface area contributed by atoms with Gasteiger partial charge in [-0.2, -0.15) is 0 Å². The zero-order valence-corrected chi connectivity index (χ0v) is 14.8. The maximum absolute atomic E-state index is 2.53. The average Bonchev–Trinajstić information content (AvgIpc) is 2.36. The molecule has 0 aromatic carbocycles. The molecule has 0 amide bonds. The van der Waals surface area contributed by atoms with Gasteiger partial charge in [-0.25, -0.2) is 0 Å². The minimum absolute atomic E-state index is 0.459. The largest absolute Gasteiger partial charge is 0.0911 e. The molecule has 20 heavy (non-hydrogen) atoms. The standard InChI is InChI=1S/C20H38/c1-6-9-18-10-8-16-20(5,15-7-2)19(14-12-18)13-11-17(3)4/h7,15,17-19H,6,8-14,16H2,1-5H3. The Morgan fingerprint density at radius 3 is 2.50 bits per heavy atom. The first-order chi connectivity index (χ1) is 9.51. The van der Waals surface area contributed by atoms with E-state index in [9.17, 15) is 0 Å². The summed E-state index contributed by atoms with van der Waals surface area (Å²) in [5, 5.41) is 0. The fourth-order valence-electron chi connectivity index (χ4n) is 4.19. The van der Waals surface area contributed by atoms with Crippen LogP contribution in [0.25, 0.3) is 0 Å². The van der Waals surface area contributed by atoms with Crippen LogP contribution in [0.4, 0.5) is 0 Å². The predicted molar refractivity (Wildman–Crippen MR) is 92.0 cm³/mol. The van der Waals surface area contributed by atoms with Crippen LogP contribution in [0.15, 0.2) is 12.2 Å². The Balaban J connectivity index is 2.72. The molecule has 1 rings (SSSR count). The fourth-order valence-corrected chi connectivity index (χ4v) is 4.19. The van der Waals surface area contributed by atoms with Crippen LogP contribution in [0.5, 0.6) is 0 Å². The van der Waals surface area contributed by atoms with Crippen molar-refractivity contribution in [2.24, 2.45) is 23.2 Å². The van der Waals surface area contributed by atoms with Gasteiger partial charge >= 0.3 is 0 Å². The molecule has 118 valence electrons. The van der Waals surface area contributed by atoms with Gasteiger partial charge in [-0.15, -0.1) is 0 Å². The molecule has 0 aromatic heterocycles. The number of hydrogen-bond acceptors (Lipinski definition) is 0. The first-order valence-corrected chi connectivity index (χ1v) is 9.15. The van der Waals surface area contributed by atoms with Gasteiger partial charge in [-0.05, 0) is 49.4 Å². The summed E-state index contributed by atoms with van der Waals surface area (Å²) in [6.45, 7) is 11.8. The van der Waals surface area contributed by atoms with E-state index in [1.165, 1.54) is 57.8 Å². The Hall–Kier alpha value is -0.260. The van der Waals surface area contributed by atoms with Crippen LogP contribution in [0.2, 0.25) is 0 Å². The molecule has 0 heterocycles. The zero-order valence-electron chi connectivity index (χ0n) is 14.8. The summed E-state index contributed by atoms with van der Waals surface area (Å²) in [5.74, 6) is 2.76. The van der Waals surface area contributed by atoms with Crippen molar-refractivity contribution in [3.8, 4) is 0 Å². The van der Waals surface area contributed by atoms with E-state index in [1.54, 1.807) is 0 Å². The quantitative estimate of drug-likeness (QED) is 0.459. The van der Waals surface area contributed by atoms with Gasteiger partial charge in [0.15, 0.2) is 0 Å². The van der Waals surface area contributed by atoms with E-state index < -0.39 is 0 Å². The third-order valence-electron chi connectivity index (χ3n) is 5.52. The van der Waals surface area contributed by atoms with Crippen molar-refractivity contribution in [2.75, 3.05) is 0 Å². The van der Waals surface area contributed by atoms with E-state index in [0.717, 1.165) is 17.8 Å². The number of allylic oxidation sites excluding steroid dienone is 2. The first kappa shape index (κ1) is 17.8. The van der Waals surface area contributed by atoms with Crippen LogP contribution in [0.1, 0.15) is 92.4 Å². The van der Waals surface area contributed by atoms with Crippen molar-refractivity contribution in [1.29, 1.82) is 0 Å². The van der Waals surface area contributed by atoms with Gasteiger partial charge in [-0.1, -0.05) is 78.4 Å². The molecule has 0 nitrogen and oxygen atoms in total. The summed E-state index contributed by atoms with van der Waals surface area (Å²) in [5.41, 5.74) is 0.459. The highest BCUT2D eigenvalue weighted by atomic mass is 14.4. The second-order valence-corrected chi connectivity index (χ2v) is 7.80. The van der Waals surface area contributed by atoms with Gasteiger partial charge in [0, 0.05) is 0 Å². The van der Waals surface area contributed by atoms with Crippen LogP contribution in [-0.4, -0.2) is 0 Å². The molecule has 0 N–H and O–H groups in total. The molecule has 0 aliphatic heterocycles. The van der Waals surface area contributed by atoms with E-state index >= 15 is 0 Å². The average molecular weight is 279 g/mol. The molecule has 0 heteroatoms. The minimum atomic E-state index is 0.459. The van der Waals surface area contributed by atoms with Crippen molar-refractivity contribution in [3.63, 3.8) is 0 Å². The molecule has 0 saturated heterocycles. The summed E-state index contributed by atoms with van der Waals surface area (Å²) in [4.78, 5) is 0. The van der Waals surface area contributed by atoms with E-state index in [4.69, 9.17) is 0 Å². The van der Waals surface area contributed by atoms with Gasteiger partial charge in [0.25, 0.3) is 0 Å². The van der Waals surface area contributed by atoms with Gasteiger partial charge in [0.1, 0.15) is 0 Å². The molecule has 1 aliphatic rings. The van der Waals surface area contributed by atoms with Crippen LogP contribution in [0, 0.1) is 23.2 Å². The van der Waals surface area contributed by atoms with E-state index in [0.29, 0.717) is 5.41 Å². The van der Waals surface area contributed by atoms with E-state index in [1.807, 2.05) is 0 Å². The number of rotatable bonds is 6. The normalized spacial score (nSPS) is 32.5. The summed E-state index contributed by atoms with van der Waals surface area (Å²) in [7, 11) is 0. The maximum atomic E-state index is 2.53. The predicted octanol–water partition coefficient (Wildman–Crippen LogP) is 7.00. The second-order valence-electron chi connectivity index (χ2n) is 7.80. The first-order valence-electron chi connectivity index (χ1n) is 9.15. The summed E-state index contributed by atoms with van der Waals surface area (Å²) in [6, 6.07) is 0. The summed E-state index contributed by atoms with van der Waals surface area (Å²) >= 11 is 0. The van der Waals surface area contributed by atoms with Crippen molar-refractivity contribution in [1.82, 2.24) is 0 Å². The van der Waals surface area contributed by atoms with Crippen LogP contribution in [0.3, 0.4) is 0 Å². The SMILES string of the molecule is CC=CC1(C)CCCC(CCC)CCC1CCC(C)C. The third kappa shape index (κ3) is 5.62. The molecule has 1 aliphatic carbocycles. The fraction of sp³-hybridized carbons (Fsp3) is 0.900. The molecule has 0 radical (unpaired) electrons. The van der Waals surface area contributed by atoms with Crippen LogP contribution < -0.4 is 0 Å². The van der Waals surface area contributed by atoms with Crippen molar-refractivity contribution in [3.05, 3.63) is 12.2 Å². The summed E-state index contributed by atoms with van der Waals surface area (Å²) < 4.78 is 0. The second kappa shape index (κ2) is 8.90. The lowest BCUT2D eigenvalue weighted by Gasteiger charge is -2.39. The highest BCUT2D eigenvalue weighted by Gasteiger charge is 2.33. The minimum Gasteiger partial charge on any atom is -0.0911 e. The highest BCUT2D eigenvalue weighted by molar-refractivity contribution is 5.00. The molecule has 3 unspecified atom stereocenters. The lowest BCUT2D eigenvalue weighted by atomic mass is 9.66. The Kier molecular flexibility index (Phi) is 7.92. The molecule has 0 bridgehead atoms. The van der Waals surface area contributed by atoms with Gasteiger partial charge in [0.05, 0.1) is 0 Å². The molecule has 0 aromatic rings. The topological polar surface area (TPSA) is 0 Å². The third-order valence-corrected chi connectivity index (χ3v) is 5.52. The van der Waals surface area contributed by atoms with E-state index in [-0.39, 0.29) is 0 Å². The Labute approximate surface area is 128 Å². The molecule has 1 fully saturated rings. The Morgan fingerprint density at radius 1 is 1.15 bits per heavy atom. The van der Waals surface area contributed by atoms with Crippen molar-refractivity contribution >= 4 is 0 Å². The Morgan fingerprint density at radius 2 is 1.90 bits per heavy atom. The number of hydrogen-bond donors (Lipinski definition) is 0. The molecular weight excluding hydrogens is 240 g/mol. The van der Waals surface area contributed by atoms with Crippen molar-refractivity contribution < 1.29 is 0 Å². The molecule has 0 spiro atoms. The zero-order chi connectivity index (χ0) is 15.0. The lowest BCUT2D eigenvalue weighted by molar-refractivity contribution is 0.155. The maximum Gasteiger partial charge on any atom is -0.0118 e. The smallest absolute Gasteiger partial charge is 0.0118 e. The monoisotopic (exact) mass is 278 g/mol. The van der Waals surface area contributed by atoms with Gasteiger partial charge < -0.3 is 0 Å². The summed E-state index contributed by atoms with van der Waals surface area (Å²) in [6.07, 6.45) is 17.7. The highest BCUT2D eigenvalue weighted by Crippen LogP contribution is 2.44. The van der Waals surface area contributed by atoms with Crippen LogP contribution >= 0.6 is 0 Å². The van der Waals surface area contributed by atoms with E-state index in [2.05, 4.69) is 46.8 Å². The van der Waals surface area contributed by atoms with Crippen molar-refractivity contribution in [2.45, 2.75) is 92.4 Å². The Bertz CT molecular complexity index is 276. The lowest BCUT2D eigenvalue weighted by Crippen LogP contribution is -2.28. The van der Waals surface area contributed by atoms with Gasteiger partial charge in [0.2, 0.25) is 0 Å². The van der Waals surface area contributed by atoms with Gasteiger partial charge in [-0.3, -0.25) is 0 Å². The molecular formula is C20H38.